The molecule has 1 aromatic rings. The molecule has 1 aromatic carbocycles. The Morgan fingerprint density at radius 3 is 2.39 bits per heavy atom. The smallest absolute Gasteiger partial charge is 0.181 e. The lowest BCUT2D eigenvalue weighted by atomic mass is 10.2. The lowest BCUT2D eigenvalue weighted by Crippen LogP contribution is -2.29. The molecule has 0 aromatic heterocycles. The molecular weight excluding hydrogens is 238 g/mol. The number of rotatable bonds is 4. The third kappa shape index (κ3) is 4.87. The van der Waals surface area contributed by atoms with Crippen LogP contribution in [0.4, 0.5) is 0 Å². The summed E-state index contributed by atoms with van der Waals surface area (Å²) < 4.78 is 5.88. The van der Waals surface area contributed by atoms with Gasteiger partial charge in [0.2, 0.25) is 0 Å². The van der Waals surface area contributed by atoms with Crippen LogP contribution in [0.15, 0.2) is 36.4 Å². The van der Waals surface area contributed by atoms with E-state index >= 15 is 0 Å². The molecule has 2 atom stereocenters. The second-order valence-electron chi connectivity index (χ2n) is 5.46. The summed E-state index contributed by atoms with van der Waals surface area (Å²) in [7, 11) is -1.37. The highest BCUT2D eigenvalue weighted by molar-refractivity contribution is 6.53. The number of nitrogens with zero attached hydrogens (tertiary/aromatic N) is 1. The maximum atomic E-state index is 9.11. The van der Waals surface area contributed by atoms with E-state index < -0.39 is 15.1 Å². The minimum absolute atomic E-state index is 0.176. The highest BCUT2D eigenvalue weighted by Gasteiger charge is 2.25. The van der Waals surface area contributed by atoms with Gasteiger partial charge in [0.15, 0.2) is 15.1 Å². The van der Waals surface area contributed by atoms with Crippen LogP contribution in [0, 0.1) is 11.3 Å². The first-order valence-electron chi connectivity index (χ1n) is 6.22. The Labute approximate surface area is 112 Å². The first kappa shape index (κ1) is 14.7. The largest absolute Gasteiger partial charge is 0.401 e. The lowest BCUT2D eigenvalue weighted by molar-refractivity contribution is 0.291. The van der Waals surface area contributed by atoms with Crippen molar-refractivity contribution in [3.63, 3.8) is 0 Å². The van der Waals surface area contributed by atoms with Gasteiger partial charge in [-0.15, -0.1) is 0 Å². The highest BCUT2D eigenvalue weighted by atomic mass is 28.3. The Hall–Kier alpha value is -1.37. The van der Waals surface area contributed by atoms with E-state index in [4.69, 9.17) is 9.69 Å². The van der Waals surface area contributed by atoms with Crippen molar-refractivity contribution in [2.75, 3.05) is 0 Å². The monoisotopic (exact) mass is 259 g/mol. The maximum absolute atomic E-state index is 9.11. The Morgan fingerprint density at radius 2 is 1.89 bits per heavy atom. The fourth-order valence-electron chi connectivity index (χ4n) is 1.31. The topological polar surface area (TPSA) is 33.0 Å². The molecule has 0 aliphatic heterocycles. The van der Waals surface area contributed by atoms with Gasteiger partial charge in [0.05, 0.1) is 6.07 Å². The van der Waals surface area contributed by atoms with E-state index in [1.807, 2.05) is 42.5 Å². The number of nitriles is 1. The van der Waals surface area contributed by atoms with Gasteiger partial charge in [-0.25, -0.2) is 0 Å². The van der Waals surface area contributed by atoms with Gasteiger partial charge < -0.3 is 4.43 Å². The third-order valence-corrected chi connectivity index (χ3v) is 6.10. The van der Waals surface area contributed by atoms with Gasteiger partial charge >= 0.3 is 0 Å². The molecule has 0 bridgehead atoms. The molecule has 0 fully saturated rings. The van der Waals surface area contributed by atoms with Crippen molar-refractivity contribution in [1.82, 2.24) is 0 Å². The lowest BCUT2D eigenvalue weighted by Gasteiger charge is -2.26. The van der Waals surface area contributed by atoms with Crippen molar-refractivity contribution in [2.24, 2.45) is 0 Å². The van der Waals surface area contributed by atoms with Crippen LogP contribution in [-0.4, -0.2) is 15.1 Å². The molecule has 1 unspecified atom stereocenters. The molecule has 0 saturated heterocycles. The van der Waals surface area contributed by atoms with Gasteiger partial charge in [-0.1, -0.05) is 57.2 Å². The van der Waals surface area contributed by atoms with Crippen molar-refractivity contribution in [2.45, 2.75) is 38.5 Å². The van der Waals surface area contributed by atoms with E-state index in [0.717, 1.165) is 5.56 Å². The summed E-state index contributed by atoms with van der Waals surface area (Å²) in [5.41, 5.74) is 1.09. The van der Waals surface area contributed by atoms with E-state index in [1.54, 1.807) is 0 Å². The van der Waals surface area contributed by atoms with Gasteiger partial charge in [-0.05, 0) is 23.2 Å². The van der Waals surface area contributed by atoms with Crippen LogP contribution in [0.2, 0.25) is 11.6 Å². The van der Waals surface area contributed by atoms with Crippen molar-refractivity contribution >= 4 is 15.1 Å². The van der Waals surface area contributed by atoms with Gasteiger partial charge in [-0.3, -0.25) is 0 Å². The fraction of sp³-hybridized carbons (Fsp3) is 0.400. The van der Waals surface area contributed by atoms with Crippen LogP contribution in [0.3, 0.4) is 0 Å². The molecular formula is C15H21NOSi. The predicted octanol–water partition coefficient (Wildman–Crippen LogP) is 3.76. The maximum Gasteiger partial charge on any atom is 0.181 e. The van der Waals surface area contributed by atoms with Gasteiger partial charge in [0.1, 0.15) is 0 Å². The third-order valence-electron chi connectivity index (χ3n) is 2.96. The summed E-state index contributed by atoms with van der Waals surface area (Å²) in [4.78, 5) is 0. The SMILES string of the molecule is C[SiH](O[C@H](C#N)C=Cc1ccccc1)C(C)(C)C. The average Bonchev–Trinajstić information content (AvgIpc) is 2.34. The van der Waals surface area contributed by atoms with E-state index in [0.29, 0.717) is 0 Å². The molecule has 0 amide bonds. The Balaban J connectivity index is 2.64. The van der Waals surface area contributed by atoms with Crippen LogP contribution in [0.5, 0.6) is 0 Å². The normalized spacial score (nSPS) is 15.3. The Bertz CT molecular complexity index is 428. The molecule has 0 spiro atoms. The van der Waals surface area contributed by atoms with Gasteiger partial charge in [-0.2, -0.15) is 5.26 Å². The molecule has 0 saturated carbocycles. The molecule has 18 heavy (non-hydrogen) atoms. The summed E-state index contributed by atoms with van der Waals surface area (Å²) in [5, 5.41) is 9.29. The minimum atomic E-state index is -1.37. The fourth-order valence-corrected chi connectivity index (χ4v) is 2.31. The first-order chi connectivity index (χ1) is 8.43. The van der Waals surface area contributed by atoms with Crippen LogP contribution < -0.4 is 0 Å². The summed E-state index contributed by atoms with van der Waals surface area (Å²) in [6, 6.07) is 12.2. The zero-order chi connectivity index (χ0) is 13.6. The van der Waals surface area contributed by atoms with E-state index in [-0.39, 0.29) is 5.04 Å². The quantitative estimate of drug-likeness (QED) is 0.771. The van der Waals surface area contributed by atoms with Crippen molar-refractivity contribution in [1.29, 1.82) is 5.26 Å². The zero-order valence-electron chi connectivity index (χ0n) is 11.6. The van der Waals surface area contributed by atoms with E-state index in [2.05, 4.69) is 33.4 Å². The molecule has 0 aliphatic rings. The predicted molar refractivity (Wildman–Crippen MR) is 78.7 cm³/mol. The van der Waals surface area contributed by atoms with Gasteiger partial charge in [0, 0.05) is 0 Å². The first-order valence-corrected chi connectivity index (χ1v) is 8.42. The molecule has 0 aliphatic carbocycles. The summed E-state index contributed by atoms with van der Waals surface area (Å²) >= 11 is 0. The molecule has 0 N–H and O–H groups in total. The zero-order valence-corrected chi connectivity index (χ0v) is 12.7. The molecule has 0 radical (unpaired) electrons. The van der Waals surface area contributed by atoms with Crippen LogP contribution in [-0.2, 0) is 4.43 Å². The average molecular weight is 259 g/mol. The Kier molecular flexibility index (Phi) is 5.33. The standard InChI is InChI=1S/C15H21NOSi/c1-15(2,3)18(4)17-14(12-16)11-10-13-8-6-5-7-9-13/h5-11,14,18H,1-4H3/t14-,18?/m0/s1. The van der Waals surface area contributed by atoms with Crippen molar-refractivity contribution < 1.29 is 4.43 Å². The summed E-state index contributed by atoms with van der Waals surface area (Å²) in [6.45, 7) is 8.64. The summed E-state index contributed by atoms with van der Waals surface area (Å²) in [5.74, 6) is 0. The van der Waals surface area contributed by atoms with Crippen molar-refractivity contribution in [3.8, 4) is 6.07 Å². The molecule has 2 nitrogen and oxygen atoms in total. The number of hydrogen-bond acceptors (Lipinski definition) is 2. The van der Waals surface area contributed by atoms with Crippen LogP contribution in [0.1, 0.15) is 26.3 Å². The molecule has 1 rings (SSSR count). The second-order valence-corrected chi connectivity index (χ2v) is 8.75. The number of hydrogen-bond donors (Lipinski definition) is 0. The van der Waals surface area contributed by atoms with E-state index in [9.17, 15) is 0 Å². The Morgan fingerprint density at radius 1 is 1.28 bits per heavy atom. The highest BCUT2D eigenvalue weighted by Crippen LogP contribution is 2.28. The number of benzene rings is 1. The van der Waals surface area contributed by atoms with E-state index in [1.165, 1.54) is 0 Å². The van der Waals surface area contributed by atoms with Gasteiger partial charge in [0.25, 0.3) is 0 Å². The second kappa shape index (κ2) is 6.53. The molecule has 3 heteroatoms. The minimum Gasteiger partial charge on any atom is -0.401 e. The van der Waals surface area contributed by atoms with Crippen LogP contribution in [0.25, 0.3) is 6.08 Å². The molecule has 96 valence electrons. The van der Waals surface area contributed by atoms with Crippen LogP contribution >= 0.6 is 0 Å². The molecule has 0 heterocycles. The van der Waals surface area contributed by atoms with Crippen molar-refractivity contribution in [3.05, 3.63) is 42.0 Å². The summed E-state index contributed by atoms with van der Waals surface area (Å²) in [6.07, 6.45) is 3.34.